The Morgan fingerprint density at radius 2 is 1.81 bits per heavy atom. The second kappa shape index (κ2) is 9.10. The number of hydrazone groups is 1. The third-order valence-electron chi connectivity index (χ3n) is 3.50. The van der Waals surface area contributed by atoms with Gasteiger partial charge < -0.3 is 25.4 Å². The highest BCUT2D eigenvalue weighted by atomic mass is 79.9. The average molecular weight is 422 g/mol. The number of rotatable bonds is 7. The predicted octanol–water partition coefficient (Wildman–Crippen LogP) is 3.43. The molecule has 138 valence electrons. The first-order valence-corrected chi connectivity index (χ1v) is 8.46. The quantitative estimate of drug-likeness (QED) is 0.233. The van der Waals surface area contributed by atoms with Crippen LogP contribution in [0.4, 0.5) is 5.69 Å². The summed E-state index contributed by atoms with van der Waals surface area (Å²) in [5.74, 6) is 5.82. The van der Waals surface area contributed by atoms with Crippen LogP contribution < -0.4 is 20.6 Å². The zero-order chi connectivity index (χ0) is 19.1. The minimum absolute atomic E-state index is 0.420. The second-order valence-corrected chi connectivity index (χ2v) is 6.12. The third kappa shape index (κ3) is 4.89. The summed E-state index contributed by atoms with van der Waals surface area (Å²) in [5.41, 5.74) is 2.30. The van der Waals surface area contributed by atoms with Gasteiger partial charge in [0.05, 0.1) is 20.4 Å². The molecule has 0 bridgehead atoms. The molecule has 1 atom stereocenters. The molecule has 0 aliphatic heterocycles. The molecule has 2 aromatic carbocycles. The van der Waals surface area contributed by atoms with E-state index in [2.05, 4.69) is 26.3 Å². The lowest BCUT2D eigenvalue weighted by Crippen LogP contribution is -2.18. The number of hydrogen-bond donors (Lipinski definition) is 2. The Balaban J connectivity index is 2.36. The number of carbonyl (C=O) groups excluding carboxylic acids is 1. The van der Waals surface area contributed by atoms with Gasteiger partial charge in [0.1, 0.15) is 0 Å². The highest BCUT2D eigenvalue weighted by Gasteiger charge is 2.21. The van der Waals surface area contributed by atoms with Gasteiger partial charge in [-0.1, -0.05) is 28.1 Å². The van der Waals surface area contributed by atoms with Crippen LogP contribution in [0.5, 0.6) is 11.5 Å². The van der Waals surface area contributed by atoms with Crippen molar-refractivity contribution in [2.24, 2.45) is 10.9 Å². The van der Waals surface area contributed by atoms with Gasteiger partial charge in [0.2, 0.25) is 6.23 Å². The fourth-order valence-electron chi connectivity index (χ4n) is 2.31. The lowest BCUT2D eigenvalue weighted by Gasteiger charge is -2.22. The van der Waals surface area contributed by atoms with E-state index in [0.29, 0.717) is 21.5 Å². The van der Waals surface area contributed by atoms with Crippen LogP contribution in [0.2, 0.25) is 0 Å². The minimum Gasteiger partial charge on any atom is -0.493 e. The average Bonchev–Trinajstić information content (AvgIpc) is 2.62. The number of methoxy groups -OCH3 is 2. The number of halogens is 1. The Labute approximate surface area is 160 Å². The number of ether oxygens (including phenoxy) is 3. The minimum atomic E-state index is -0.726. The van der Waals surface area contributed by atoms with E-state index in [0.717, 1.165) is 11.3 Å². The maximum atomic E-state index is 11.6. The van der Waals surface area contributed by atoms with Crippen LogP contribution in [0.3, 0.4) is 0 Å². The summed E-state index contributed by atoms with van der Waals surface area (Å²) in [6.07, 6.45) is 0.814. The van der Waals surface area contributed by atoms with Gasteiger partial charge in [-0.25, -0.2) is 0 Å². The van der Waals surface area contributed by atoms with E-state index in [1.807, 2.05) is 24.3 Å². The van der Waals surface area contributed by atoms with Crippen LogP contribution in [0.1, 0.15) is 24.3 Å². The first kappa shape index (κ1) is 19.6. The van der Waals surface area contributed by atoms with Gasteiger partial charge in [0.25, 0.3) is 0 Å². The summed E-state index contributed by atoms with van der Waals surface area (Å²) >= 11 is 3.49. The maximum Gasteiger partial charge on any atom is 0.304 e. The van der Waals surface area contributed by atoms with Crippen molar-refractivity contribution in [3.05, 3.63) is 52.0 Å². The van der Waals surface area contributed by atoms with Crippen molar-refractivity contribution in [3.8, 4) is 11.5 Å². The molecular weight excluding hydrogens is 402 g/mol. The van der Waals surface area contributed by atoms with Crippen molar-refractivity contribution in [1.29, 1.82) is 0 Å². The number of nitrogens with two attached hydrogens (primary N) is 1. The van der Waals surface area contributed by atoms with Gasteiger partial charge in [-0.15, -0.1) is 0 Å². The van der Waals surface area contributed by atoms with Gasteiger partial charge >= 0.3 is 5.97 Å². The van der Waals surface area contributed by atoms with Crippen molar-refractivity contribution >= 4 is 33.8 Å². The van der Waals surface area contributed by atoms with Crippen molar-refractivity contribution < 1.29 is 19.0 Å². The van der Waals surface area contributed by atoms with Crippen molar-refractivity contribution in [2.75, 3.05) is 19.5 Å². The Kier molecular flexibility index (Phi) is 6.85. The molecule has 0 aliphatic rings. The Bertz CT molecular complexity index is 794. The Morgan fingerprint density at radius 3 is 2.35 bits per heavy atom. The summed E-state index contributed by atoms with van der Waals surface area (Å²) in [5, 5.41) is 6.66. The summed E-state index contributed by atoms with van der Waals surface area (Å²) in [6, 6.07) is 10.9. The summed E-state index contributed by atoms with van der Waals surface area (Å²) < 4.78 is 16.8. The van der Waals surface area contributed by atoms with Crippen LogP contribution in [-0.4, -0.2) is 26.4 Å². The van der Waals surface area contributed by atoms with Crippen molar-refractivity contribution in [1.82, 2.24) is 0 Å². The molecule has 0 heterocycles. The molecule has 1 unspecified atom stereocenters. The van der Waals surface area contributed by atoms with Gasteiger partial charge in [-0.05, 0) is 29.8 Å². The van der Waals surface area contributed by atoms with Gasteiger partial charge in [0.15, 0.2) is 11.5 Å². The molecule has 0 amide bonds. The Hall–Kier alpha value is -2.74. The molecule has 0 saturated carbocycles. The molecule has 26 heavy (non-hydrogen) atoms. The van der Waals surface area contributed by atoms with Gasteiger partial charge in [-0.2, -0.15) is 5.10 Å². The van der Waals surface area contributed by atoms with Gasteiger partial charge in [0, 0.05) is 22.6 Å². The molecule has 0 saturated heterocycles. The number of nitrogens with one attached hydrogen (secondary N) is 1. The van der Waals surface area contributed by atoms with E-state index in [1.54, 1.807) is 26.4 Å². The van der Waals surface area contributed by atoms with Crippen molar-refractivity contribution in [2.45, 2.75) is 13.2 Å². The number of esters is 1. The standard InChI is InChI=1S/C18H20BrN3O4/c1-11(23)26-18(22-13-6-4-12(5-7-13)10-21-20)14-8-16(24-2)17(25-3)9-15(14)19/h4-10,18,22H,20H2,1-3H3. The Morgan fingerprint density at radius 1 is 1.19 bits per heavy atom. The zero-order valence-corrected chi connectivity index (χ0v) is 16.2. The van der Waals surface area contributed by atoms with Crippen molar-refractivity contribution in [3.63, 3.8) is 0 Å². The molecule has 0 fully saturated rings. The molecule has 0 spiro atoms. The molecular formula is C18H20BrN3O4. The monoisotopic (exact) mass is 421 g/mol. The van der Waals surface area contributed by atoms with E-state index < -0.39 is 12.2 Å². The van der Waals surface area contributed by atoms with E-state index in [9.17, 15) is 4.79 Å². The third-order valence-corrected chi connectivity index (χ3v) is 4.19. The molecule has 7 nitrogen and oxygen atoms in total. The zero-order valence-electron chi connectivity index (χ0n) is 14.7. The first-order chi connectivity index (χ1) is 12.5. The van der Waals surface area contributed by atoms with E-state index in [1.165, 1.54) is 13.1 Å². The molecule has 2 rings (SSSR count). The number of nitrogens with zero attached hydrogens (tertiary/aromatic N) is 1. The van der Waals surface area contributed by atoms with Crippen LogP contribution in [-0.2, 0) is 9.53 Å². The smallest absolute Gasteiger partial charge is 0.304 e. The summed E-state index contributed by atoms with van der Waals surface area (Å²) in [7, 11) is 3.10. The summed E-state index contributed by atoms with van der Waals surface area (Å²) in [6.45, 7) is 1.35. The number of benzene rings is 2. The molecule has 0 aliphatic carbocycles. The predicted molar refractivity (Wildman–Crippen MR) is 104 cm³/mol. The molecule has 0 aromatic heterocycles. The number of hydrogen-bond acceptors (Lipinski definition) is 7. The summed E-state index contributed by atoms with van der Waals surface area (Å²) in [4.78, 5) is 11.6. The fourth-order valence-corrected chi connectivity index (χ4v) is 2.84. The number of carbonyl (C=O) groups is 1. The van der Waals surface area contributed by atoms with Crippen LogP contribution in [0.15, 0.2) is 46.0 Å². The molecule has 2 aromatic rings. The lowest BCUT2D eigenvalue weighted by atomic mass is 10.1. The van der Waals surface area contributed by atoms with Crippen LogP contribution in [0, 0.1) is 0 Å². The molecule has 3 N–H and O–H groups in total. The molecule has 8 heteroatoms. The number of anilines is 1. The second-order valence-electron chi connectivity index (χ2n) is 5.26. The highest BCUT2D eigenvalue weighted by Crippen LogP contribution is 2.37. The van der Waals surface area contributed by atoms with Crippen LogP contribution >= 0.6 is 15.9 Å². The van der Waals surface area contributed by atoms with E-state index in [4.69, 9.17) is 20.1 Å². The maximum absolute atomic E-state index is 11.6. The molecule has 0 radical (unpaired) electrons. The van der Waals surface area contributed by atoms with E-state index >= 15 is 0 Å². The largest absolute Gasteiger partial charge is 0.493 e. The lowest BCUT2D eigenvalue weighted by molar-refractivity contribution is -0.145. The van der Waals surface area contributed by atoms with Gasteiger partial charge in [-0.3, -0.25) is 4.79 Å². The SMILES string of the molecule is COc1cc(Br)c(C(Nc2ccc(C=NN)cc2)OC(C)=O)cc1OC. The highest BCUT2D eigenvalue weighted by molar-refractivity contribution is 9.10. The normalized spacial score (nSPS) is 11.8. The fraction of sp³-hybridized carbons (Fsp3) is 0.222. The van der Waals surface area contributed by atoms with E-state index in [-0.39, 0.29) is 0 Å². The topological polar surface area (TPSA) is 95.2 Å². The first-order valence-electron chi connectivity index (χ1n) is 7.67. The van der Waals surface area contributed by atoms with Crippen LogP contribution in [0.25, 0.3) is 0 Å².